The average Bonchev–Trinajstić information content (AvgIpc) is 2.29. The van der Waals surface area contributed by atoms with Crippen LogP contribution in [0.4, 0.5) is 4.39 Å². The van der Waals surface area contributed by atoms with Crippen molar-refractivity contribution in [2.45, 2.75) is 13.0 Å². The first-order valence-electron chi connectivity index (χ1n) is 5.58. The highest BCUT2D eigenvalue weighted by Crippen LogP contribution is 2.25. The van der Waals surface area contributed by atoms with Gasteiger partial charge in [0, 0.05) is 42.8 Å². The van der Waals surface area contributed by atoms with Gasteiger partial charge < -0.3 is 5.32 Å². The zero-order chi connectivity index (χ0) is 11.5. The van der Waals surface area contributed by atoms with E-state index in [1.54, 1.807) is 12.1 Å². The van der Waals surface area contributed by atoms with Gasteiger partial charge in [0.2, 0.25) is 0 Å². The van der Waals surface area contributed by atoms with Crippen molar-refractivity contribution in [2.24, 2.45) is 0 Å². The molecular weight excluding hydrogens is 262 g/mol. The van der Waals surface area contributed by atoms with Crippen LogP contribution in [-0.4, -0.2) is 31.1 Å². The maximum Gasteiger partial charge on any atom is 0.129 e. The molecule has 96 valence electrons. The highest BCUT2D eigenvalue weighted by atomic mass is 35.5. The third-order valence-corrected chi connectivity index (χ3v) is 3.35. The summed E-state index contributed by atoms with van der Waals surface area (Å²) in [6, 6.07) is 5.03. The third-order valence-electron chi connectivity index (χ3n) is 3.11. The Bertz CT molecular complexity index is 368. The molecule has 0 saturated carbocycles. The van der Waals surface area contributed by atoms with Crippen LogP contribution in [0.3, 0.4) is 0 Å². The van der Waals surface area contributed by atoms with Gasteiger partial charge in [0.25, 0.3) is 0 Å². The molecular formula is C12H17Cl2FN2. The number of hydrogen-bond donors (Lipinski definition) is 1. The molecule has 2 rings (SSSR count). The Kier molecular flexibility index (Phi) is 5.67. The molecule has 1 saturated heterocycles. The molecule has 0 amide bonds. The molecule has 1 aromatic rings. The largest absolute Gasteiger partial charge is 0.314 e. The van der Waals surface area contributed by atoms with Crippen molar-refractivity contribution in [2.75, 3.05) is 26.2 Å². The van der Waals surface area contributed by atoms with Crippen LogP contribution in [0.15, 0.2) is 18.2 Å². The van der Waals surface area contributed by atoms with Gasteiger partial charge in [-0.3, -0.25) is 4.90 Å². The number of benzene rings is 1. The Hall–Kier alpha value is -0.350. The number of hydrogen-bond acceptors (Lipinski definition) is 2. The second-order valence-electron chi connectivity index (χ2n) is 4.13. The highest BCUT2D eigenvalue weighted by Gasteiger charge is 2.20. The van der Waals surface area contributed by atoms with E-state index in [0.29, 0.717) is 5.02 Å². The first-order chi connectivity index (χ1) is 7.68. The number of halogens is 3. The molecule has 1 aliphatic heterocycles. The lowest BCUT2D eigenvalue weighted by Crippen LogP contribution is -2.44. The second kappa shape index (κ2) is 6.55. The second-order valence-corrected chi connectivity index (χ2v) is 4.56. The summed E-state index contributed by atoms with van der Waals surface area (Å²) < 4.78 is 13.7. The van der Waals surface area contributed by atoms with Gasteiger partial charge in [0.05, 0.1) is 0 Å². The van der Waals surface area contributed by atoms with Gasteiger partial charge >= 0.3 is 0 Å². The third kappa shape index (κ3) is 3.55. The van der Waals surface area contributed by atoms with E-state index in [1.165, 1.54) is 6.07 Å². The minimum Gasteiger partial charge on any atom is -0.314 e. The molecule has 1 aromatic carbocycles. The van der Waals surface area contributed by atoms with Gasteiger partial charge in [-0.25, -0.2) is 4.39 Å². The summed E-state index contributed by atoms with van der Waals surface area (Å²) >= 11 is 5.74. The molecule has 0 unspecified atom stereocenters. The highest BCUT2D eigenvalue weighted by molar-refractivity contribution is 6.30. The fourth-order valence-corrected chi connectivity index (χ4v) is 2.27. The van der Waals surface area contributed by atoms with Gasteiger partial charge in [0.15, 0.2) is 0 Å². The minimum absolute atomic E-state index is 0. The van der Waals surface area contributed by atoms with Crippen molar-refractivity contribution in [1.29, 1.82) is 0 Å². The van der Waals surface area contributed by atoms with Crippen LogP contribution < -0.4 is 5.32 Å². The number of nitrogens with one attached hydrogen (secondary N) is 1. The molecule has 5 heteroatoms. The summed E-state index contributed by atoms with van der Waals surface area (Å²) in [5.41, 5.74) is 0.728. The first kappa shape index (κ1) is 14.7. The van der Waals surface area contributed by atoms with E-state index in [9.17, 15) is 4.39 Å². The number of nitrogens with zero attached hydrogens (tertiary/aromatic N) is 1. The van der Waals surface area contributed by atoms with E-state index in [1.807, 2.05) is 6.92 Å². The maximum atomic E-state index is 13.7. The summed E-state index contributed by atoms with van der Waals surface area (Å²) in [7, 11) is 0. The predicted molar refractivity (Wildman–Crippen MR) is 71.5 cm³/mol. The van der Waals surface area contributed by atoms with Crippen molar-refractivity contribution >= 4 is 24.0 Å². The molecule has 0 aliphatic carbocycles. The molecule has 1 heterocycles. The van der Waals surface area contributed by atoms with Gasteiger partial charge in [-0.1, -0.05) is 17.7 Å². The predicted octanol–water partition coefficient (Wildman–Crippen LogP) is 2.87. The van der Waals surface area contributed by atoms with Crippen LogP contribution >= 0.6 is 24.0 Å². The van der Waals surface area contributed by atoms with Gasteiger partial charge in [-0.2, -0.15) is 0 Å². The van der Waals surface area contributed by atoms with Crippen molar-refractivity contribution in [3.05, 3.63) is 34.6 Å². The van der Waals surface area contributed by atoms with E-state index in [-0.39, 0.29) is 24.3 Å². The van der Waals surface area contributed by atoms with Crippen LogP contribution in [-0.2, 0) is 0 Å². The molecule has 0 aromatic heterocycles. The fourth-order valence-electron chi connectivity index (χ4n) is 2.11. The molecule has 1 atom stereocenters. The van der Waals surface area contributed by atoms with Crippen LogP contribution in [0.1, 0.15) is 18.5 Å². The Morgan fingerprint density at radius 2 is 2.00 bits per heavy atom. The van der Waals surface area contributed by atoms with Crippen LogP contribution in [0, 0.1) is 5.82 Å². The maximum absolute atomic E-state index is 13.7. The van der Waals surface area contributed by atoms with Crippen molar-refractivity contribution in [3.8, 4) is 0 Å². The molecule has 1 N–H and O–H groups in total. The zero-order valence-electron chi connectivity index (χ0n) is 9.75. The van der Waals surface area contributed by atoms with Gasteiger partial charge in [-0.15, -0.1) is 12.4 Å². The summed E-state index contributed by atoms with van der Waals surface area (Å²) in [6.45, 7) is 5.91. The fraction of sp³-hybridized carbons (Fsp3) is 0.500. The van der Waals surface area contributed by atoms with Gasteiger partial charge in [0.1, 0.15) is 5.82 Å². The minimum atomic E-state index is -0.210. The van der Waals surface area contributed by atoms with E-state index < -0.39 is 0 Å². The monoisotopic (exact) mass is 278 g/mol. The smallest absolute Gasteiger partial charge is 0.129 e. The van der Waals surface area contributed by atoms with E-state index >= 15 is 0 Å². The average molecular weight is 279 g/mol. The summed E-state index contributed by atoms with van der Waals surface area (Å²) in [4.78, 5) is 2.28. The summed E-state index contributed by atoms with van der Waals surface area (Å²) in [5.74, 6) is -0.210. The molecule has 0 radical (unpaired) electrons. The number of piperazine rings is 1. The SMILES string of the molecule is C[C@H](c1ccc(Cl)cc1F)N1CCNCC1.Cl. The quantitative estimate of drug-likeness (QED) is 0.895. The van der Waals surface area contributed by atoms with E-state index in [2.05, 4.69) is 10.2 Å². The summed E-state index contributed by atoms with van der Waals surface area (Å²) in [5, 5.41) is 3.74. The van der Waals surface area contributed by atoms with Gasteiger partial charge in [-0.05, 0) is 19.1 Å². The molecule has 1 fully saturated rings. The lowest BCUT2D eigenvalue weighted by Gasteiger charge is -2.33. The Morgan fingerprint density at radius 3 is 2.59 bits per heavy atom. The summed E-state index contributed by atoms with van der Waals surface area (Å²) in [6.07, 6.45) is 0. The van der Waals surface area contributed by atoms with Crippen molar-refractivity contribution < 1.29 is 4.39 Å². The zero-order valence-corrected chi connectivity index (χ0v) is 11.3. The molecule has 1 aliphatic rings. The normalized spacial score (nSPS) is 18.5. The van der Waals surface area contributed by atoms with Crippen LogP contribution in [0.2, 0.25) is 5.02 Å². The van der Waals surface area contributed by atoms with E-state index in [0.717, 1.165) is 31.7 Å². The topological polar surface area (TPSA) is 15.3 Å². The van der Waals surface area contributed by atoms with Crippen LogP contribution in [0.25, 0.3) is 0 Å². The lowest BCUT2D eigenvalue weighted by atomic mass is 10.1. The van der Waals surface area contributed by atoms with Crippen molar-refractivity contribution in [3.63, 3.8) is 0 Å². The molecule has 0 bridgehead atoms. The van der Waals surface area contributed by atoms with Crippen molar-refractivity contribution in [1.82, 2.24) is 10.2 Å². The Balaban J connectivity index is 0.00000144. The number of rotatable bonds is 2. The lowest BCUT2D eigenvalue weighted by molar-refractivity contribution is 0.182. The Morgan fingerprint density at radius 1 is 1.35 bits per heavy atom. The van der Waals surface area contributed by atoms with Crippen LogP contribution in [0.5, 0.6) is 0 Å². The Labute approximate surface area is 113 Å². The standard InChI is InChI=1S/C12H16ClFN2.ClH/c1-9(16-6-4-15-5-7-16)11-3-2-10(13)8-12(11)14;/h2-3,8-9,15H,4-7H2,1H3;1H/t9-;/m1./s1. The molecule has 2 nitrogen and oxygen atoms in total. The molecule has 0 spiro atoms. The molecule has 17 heavy (non-hydrogen) atoms. The van der Waals surface area contributed by atoms with E-state index in [4.69, 9.17) is 11.6 Å². The first-order valence-corrected chi connectivity index (χ1v) is 5.96.